The maximum atomic E-state index is 12.9. The van der Waals surface area contributed by atoms with Crippen molar-refractivity contribution in [3.8, 4) is 0 Å². The van der Waals surface area contributed by atoms with E-state index in [2.05, 4.69) is 16.6 Å². The summed E-state index contributed by atoms with van der Waals surface area (Å²) >= 11 is 0. The Labute approximate surface area is 176 Å². The van der Waals surface area contributed by atoms with Crippen molar-refractivity contribution in [2.45, 2.75) is 30.7 Å². The molecule has 1 fully saturated rings. The molecule has 0 unspecified atom stereocenters. The smallest absolute Gasteiger partial charge is 0.261 e. The number of likely N-dealkylation sites (tertiary alicyclic amines) is 1. The average Bonchev–Trinajstić information content (AvgIpc) is 3.22. The molecule has 0 saturated carbocycles. The van der Waals surface area contributed by atoms with Crippen LogP contribution in [0.25, 0.3) is 0 Å². The van der Waals surface area contributed by atoms with Gasteiger partial charge >= 0.3 is 0 Å². The number of sulfonamides is 1. The zero-order chi connectivity index (χ0) is 21.7. The lowest BCUT2D eigenvalue weighted by Gasteiger charge is -2.24. The summed E-state index contributed by atoms with van der Waals surface area (Å²) in [5, 5.41) is 2.74. The molecule has 1 saturated heterocycles. The Kier molecular flexibility index (Phi) is 6.56. The van der Waals surface area contributed by atoms with E-state index in [0.717, 1.165) is 12.0 Å². The minimum absolute atomic E-state index is 0.165. The lowest BCUT2D eigenvalue weighted by atomic mass is 10.1. The Morgan fingerprint density at radius 3 is 2.43 bits per heavy atom. The van der Waals surface area contributed by atoms with E-state index in [4.69, 9.17) is 0 Å². The zero-order valence-corrected chi connectivity index (χ0v) is 17.6. The molecule has 0 radical (unpaired) electrons. The van der Waals surface area contributed by atoms with Crippen molar-refractivity contribution >= 4 is 27.5 Å². The summed E-state index contributed by atoms with van der Waals surface area (Å²) < 4.78 is 27.5. The number of carbonyl (C=O) groups excluding carboxylic acids is 2. The molecular weight excluding hydrogens is 402 g/mol. The van der Waals surface area contributed by atoms with Crippen molar-refractivity contribution in [1.29, 1.82) is 0 Å². The third-order valence-corrected chi connectivity index (χ3v) is 6.35. The van der Waals surface area contributed by atoms with Crippen LogP contribution in [0, 0.1) is 6.92 Å². The second-order valence-corrected chi connectivity index (χ2v) is 8.87. The predicted molar refractivity (Wildman–Crippen MR) is 116 cm³/mol. The van der Waals surface area contributed by atoms with E-state index < -0.39 is 16.1 Å². The SMILES string of the molecule is C=CCNC(=O)[C@@H]1CCCN1C(=O)c1ccc(NS(=O)(=O)c2ccc(C)cc2)cc1. The zero-order valence-electron chi connectivity index (χ0n) is 16.8. The average molecular weight is 428 g/mol. The highest BCUT2D eigenvalue weighted by atomic mass is 32.2. The molecule has 8 heteroatoms. The summed E-state index contributed by atoms with van der Waals surface area (Å²) in [7, 11) is -3.71. The van der Waals surface area contributed by atoms with E-state index in [1.54, 1.807) is 59.5 Å². The van der Waals surface area contributed by atoms with Gasteiger partial charge in [0.05, 0.1) is 4.90 Å². The van der Waals surface area contributed by atoms with Gasteiger partial charge in [-0.3, -0.25) is 14.3 Å². The monoisotopic (exact) mass is 427 g/mol. The fraction of sp³-hybridized carbons (Fsp3) is 0.273. The van der Waals surface area contributed by atoms with Crippen LogP contribution in [0.1, 0.15) is 28.8 Å². The molecule has 0 aromatic heterocycles. The number of rotatable bonds is 7. The van der Waals surface area contributed by atoms with Gasteiger partial charge in [0.25, 0.3) is 15.9 Å². The van der Waals surface area contributed by atoms with Crippen molar-refractivity contribution in [2.24, 2.45) is 0 Å². The first-order valence-electron chi connectivity index (χ1n) is 9.71. The fourth-order valence-electron chi connectivity index (χ4n) is 3.35. The summed E-state index contributed by atoms with van der Waals surface area (Å²) in [5.41, 5.74) is 1.72. The maximum absolute atomic E-state index is 12.9. The predicted octanol–water partition coefficient (Wildman–Crippen LogP) is 2.70. The summed E-state index contributed by atoms with van der Waals surface area (Å²) in [4.78, 5) is 26.9. The van der Waals surface area contributed by atoms with E-state index >= 15 is 0 Å². The van der Waals surface area contributed by atoms with Crippen molar-refractivity contribution in [2.75, 3.05) is 17.8 Å². The number of benzene rings is 2. The van der Waals surface area contributed by atoms with Crippen molar-refractivity contribution < 1.29 is 18.0 Å². The van der Waals surface area contributed by atoms with Crippen LogP contribution in [-0.4, -0.2) is 44.3 Å². The Balaban J connectivity index is 1.70. The van der Waals surface area contributed by atoms with Gasteiger partial charge in [0.15, 0.2) is 0 Å². The van der Waals surface area contributed by atoms with Gasteiger partial charge in [0.2, 0.25) is 5.91 Å². The van der Waals surface area contributed by atoms with Gasteiger partial charge in [-0.25, -0.2) is 8.42 Å². The van der Waals surface area contributed by atoms with Crippen LogP contribution in [0.3, 0.4) is 0 Å². The highest BCUT2D eigenvalue weighted by Crippen LogP contribution is 2.22. The van der Waals surface area contributed by atoms with Crippen molar-refractivity contribution in [3.63, 3.8) is 0 Å². The molecular formula is C22H25N3O4S. The minimum atomic E-state index is -3.71. The van der Waals surface area contributed by atoms with Gasteiger partial charge in [0, 0.05) is 24.3 Å². The Morgan fingerprint density at radius 2 is 1.80 bits per heavy atom. The van der Waals surface area contributed by atoms with E-state index in [1.165, 1.54) is 0 Å². The van der Waals surface area contributed by atoms with E-state index in [0.29, 0.717) is 30.8 Å². The molecule has 0 aliphatic carbocycles. The Bertz CT molecular complexity index is 1030. The normalized spacial score (nSPS) is 16.2. The standard InChI is InChI=1S/C22H25N3O4S/c1-3-14-23-21(26)20-5-4-15-25(20)22(27)17-8-10-18(11-9-17)24-30(28,29)19-12-6-16(2)7-13-19/h3,6-13,20,24H,1,4-5,14-15H2,2H3,(H,23,26)/t20-/m0/s1. The molecule has 2 aromatic carbocycles. The lowest BCUT2D eigenvalue weighted by Crippen LogP contribution is -2.46. The summed E-state index contributed by atoms with van der Waals surface area (Å²) in [6.45, 7) is 6.32. The quantitative estimate of drug-likeness (QED) is 0.664. The van der Waals surface area contributed by atoms with Gasteiger partial charge in [-0.15, -0.1) is 6.58 Å². The number of amides is 2. The maximum Gasteiger partial charge on any atom is 0.261 e. The molecule has 1 aliphatic heterocycles. The molecule has 3 rings (SSSR count). The second-order valence-electron chi connectivity index (χ2n) is 7.19. The number of hydrogen-bond donors (Lipinski definition) is 2. The summed E-state index contributed by atoms with van der Waals surface area (Å²) in [6, 6.07) is 12.3. The minimum Gasteiger partial charge on any atom is -0.351 e. The highest BCUT2D eigenvalue weighted by Gasteiger charge is 2.34. The molecule has 1 atom stereocenters. The van der Waals surface area contributed by atoms with Crippen LogP contribution in [-0.2, 0) is 14.8 Å². The first-order chi connectivity index (χ1) is 14.3. The largest absolute Gasteiger partial charge is 0.351 e. The Morgan fingerprint density at radius 1 is 1.13 bits per heavy atom. The van der Waals surface area contributed by atoms with Crippen molar-refractivity contribution in [3.05, 3.63) is 72.3 Å². The van der Waals surface area contributed by atoms with E-state index in [-0.39, 0.29) is 16.7 Å². The van der Waals surface area contributed by atoms with Crippen LogP contribution in [0.15, 0.2) is 66.1 Å². The van der Waals surface area contributed by atoms with Gasteiger partial charge in [0.1, 0.15) is 6.04 Å². The fourth-order valence-corrected chi connectivity index (χ4v) is 4.41. The molecule has 30 heavy (non-hydrogen) atoms. The number of anilines is 1. The topological polar surface area (TPSA) is 95.6 Å². The molecule has 2 amide bonds. The third kappa shape index (κ3) is 4.88. The molecule has 1 heterocycles. The molecule has 1 aliphatic rings. The Hall–Kier alpha value is -3.13. The molecule has 7 nitrogen and oxygen atoms in total. The van der Waals surface area contributed by atoms with Gasteiger partial charge < -0.3 is 10.2 Å². The van der Waals surface area contributed by atoms with E-state index in [9.17, 15) is 18.0 Å². The molecule has 2 aromatic rings. The lowest BCUT2D eigenvalue weighted by molar-refractivity contribution is -0.124. The molecule has 0 spiro atoms. The molecule has 158 valence electrons. The van der Waals surface area contributed by atoms with Gasteiger partial charge in [-0.05, 0) is 56.2 Å². The number of nitrogens with zero attached hydrogens (tertiary/aromatic N) is 1. The van der Waals surface area contributed by atoms with Crippen LogP contribution in [0.2, 0.25) is 0 Å². The number of carbonyl (C=O) groups is 2. The number of aryl methyl sites for hydroxylation is 1. The first-order valence-corrected chi connectivity index (χ1v) is 11.2. The molecule has 2 N–H and O–H groups in total. The van der Waals surface area contributed by atoms with Gasteiger partial charge in [-0.2, -0.15) is 0 Å². The van der Waals surface area contributed by atoms with Crippen molar-refractivity contribution in [1.82, 2.24) is 10.2 Å². The first kappa shape index (κ1) is 21.6. The van der Waals surface area contributed by atoms with Gasteiger partial charge in [-0.1, -0.05) is 23.8 Å². The van der Waals surface area contributed by atoms with Crippen LogP contribution < -0.4 is 10.0 Å². The third-order valence-electron chi connectivity index (χ3n) is 4.95. The summed E-state index contributed by atoms with van der Waals surface area (Å²) in [5.74, 6) is -0.442. The van der Waals surface area contributed by atoms with Crippen LogP contribution in [0.5, 0.6) is 0 Å². The number of nitrogens with one attached hydrogen (secondary N) is 2. The number of hydrogen-bond acceptors (Lipinski definition) is 4. The molecule has 0 bridgehead atoms. The summed E-state index contributed by atoms with van der Waals surface area (Å²) in [6.07, 6.45) is 2.96. The highest BCUT2D eigenvalue weighted by molar-refractivity contribution is 7.92. The van der Waals surface area contributed by atoms with Crippen LogP contribution in [0.4, 0.5) is 5.69 Å². The second kappa shape index (κ2) is 9.13. The van der Waals surface area contributed by atoms with E-state index in [1.807, 2.05) is 6.92 Å². The van der Waals surface area contributed by atoms with Crippen LogP contribution >= 0.6 is 0 Å².